The lowest BCUT2D eigenvalue weighted by atomic mass is 9.94. The van der Waals surface area contributed by atoms with Gasteiger partial charge in [-0.05, 0) is 48.0 Å². The Morgan fingerprint density at radius 2 is 1.50 bits per heavy atom. The Labute approximate surface area is 220 Å². The molecule has 0 aliphatic carbocycles. The van der Waals surface area contributed by atoms with Gasteiger partial charge in [0.25, 0.3) is 11.7 Å². The molecule has 1 aliphatic heterocycles. The molecule has 1 amide bonds. The summed E-state index contributed by atoms with van der Waals surface area (Å²) in [6.07, 6.45) is 1.60. The fourth-order valence-electron chi connectivity index (χ4n) is 4.45. The number of amides is 1. The molecule has 4 rings (SSSR count). The molecule has 1 atom stereocenters. The number of Topliss-reactive ketones (excluding diaryl/α,β-unsaturated/α-hetero) is 1. The number of pyridine rings is 1. The van der Waals surface area contributed by atoms with Gasteiger partial charge in [0.05, 0.1) is 59.4 Å². The topological polar surface area (TPSA) is 117 Å². The summed E-state index contributed by atoms with van der Waals surface area (Å²) in [5, 5.41) is 11.4. The van der Waals surface area contributed by atoms with Crippen molar-refractivity contribution in [2.75, 3.05) is 35.5 Å². The van der Waals surface area contributed by atoms with E-state index in [0.29, 0.717) is 40.0 Å². The van der Waals surface area contributed by atoms with Crippen LogP contribution < -0.4 is 23.7 Å². The molecule has 10 heteroatoms. The van der Waals surface area contributed by atoms with E-state index in [-0.39, 0.29) is 23.4 Å². The summed E-state index contributed by atoms with van der Waals surface area (Å²) in [7, 11) is 7.36. The molecule has 0 saturated carbocycles. The molecule has 2 heterocycles. The summed E-state index contributed by atoms with van der Waals surface area (Å²) in [6.45, 7) is 0.0233. The van der Waals surface area contributed by atoms with Gasteiger partial charge in [-0.2, -0.15) is 0 Å². The Morgan fingerprint density at radius 1 is 0.842 bits per heavy atom. The van der Waals surface area contributed by atoms with Crippen LogP contribution in [0.2, 0.25) is 0 Å². The van der Waals surface area contributed by atoms with Crippen LogP contribution in [0.3, 0.4) is 0 Å². The highest BCUT2D eigenvalue weighted by atomic mass is 16.5. The molecular weight excluding hydrogens is 492 g/mol. The first-order chi connectivity index (χ1) is 18.4. The van der Waals surface area contributed by atoms with Crippen molar-refractivity contribution in [3.8, 4) is 28.7 Å². The van der Waals surface area contributed by atoms with Gasteiger partial charge in [0.15, 0.2) is 23.0 Å². The minimum Gasteiger partial charge on any atom is -0.507 e. The number of likely N-dealkylation sites (tertiary alicyclic amines) is 1. The molecule has 1 saturated heterocycles. The standard InChI is InChI=1S/C28H28N2O8/c1-34-19-10-9-16(12-20(19)35-2)25(31)23-24(17-13-21(36-3)27(38-5)22(14-17)37-4)30(28(33)26(23)32)15-18-8-6-7-11-29-18/h6-14,24,31H,15H2,1-5H3/b25-23+. The quantitative estimate of drug-likeness (QED) is 0.256. The number of aromatic nitrogens is 1. The minimum atomic E-state index is -0.987. The van der Waals surface area contributed by atoms with E-state index in [1.807, 2.05) is 0 Å². The molecule has 198 valence electrons. The van der Waals surface area contributed by atoms with Gasteiger partial charge in [-0.3, -0.25) is 14.6 Å². The summed E-state index contributed by atoms with van der Waals surface area (Å²) in [6, 6.07) is 12.3. The Kier molecular flexibility index (Phi) is 7.71. The van der Waals surface area contributed by atoms with Crippen molar-refractivity contribution in [2.45, 2.75) is 12.6 Å². The van der Waals surface area contributed by atoms with Crippen LogP contribution in [0.4, 0.5) is 0 Å². The van der Waals surface area contributed by atoms with Crippen molar-refractivity contribution in [2.24, 2.45) is 0 Å². The summed E-state index contributed by atoms with van der Waals surface area (Å²) < 4.78 is 27.1. The molecule has 0 spiro atoms. The van der Waals surface area contributed by atoms with E-state index in [4.69, 9.17) is 23.7 Å². The van der Waals surface area contributed by atoms with Gasteiger partial charge in [-0.25, -0.2) is 0 Å². The smallest absolute Gasteiger partial charge is 0.296 e. The van der Waals surface area contributed by atoms with Crippen molar-refractivity contribution in [1.82, 2.24) is 9.88 Å². The van der Waals surface area contributed by atoms with Gasteiger partial charge in [0.1, 0.15) is 5.76 Å². The van der Waals surface area contributed by atoms with Crippen LogP contribution in [0.25, 0.3) is 5.76 Å². The average molecular weight is 521 g/mol. The molecular formula is C28H28N2O8. The summed E-state index contributed by atoms with van der Waals surface area (Å²) in [4.78, 5) is 32.5. The van der Waals surface area contributed by atoms with Gasteiger partial charge < -0.3 is 33.7 Å². The number of ketones is 1. The highest BCUT2D eigenvalue weighted by Crippen LogP contribution is 2.46. The monoisotopic (exact) mass is 520 g/mol. The Hall–Kier alpha value is -4.73. The lowest BCUT2D eigenvalue weighted by molar-refractivity contribution is -0.140. The first-order valence-corrected chi connectivity index (χ1v) is 11.6. The van der Waals surface area contributed by atoms with E-state index in [1.165, 1.54) is 46.5 Å². The highest BCUT2D eigenvalue weighted by molar-refractivity contribution is 6.46. The molecule has 1 aromatic heterocycles. The van der Waals surface area contributed by atoms with E-state index in [9.17, 15) is 14.7 Å². The fraction of sp³-hybridized carbons (Fsp3) is 0.250. The maximum Gasteiger partial charge on any atom is 0.296 e. The number of aliphatic hydroxyl groups is 1. The number of carbonyl (C=O) groups excluding carboxylic acids is 2. The minimum absolute atomic E-state index is 0.0233. The summed E-state index contributed by atoms with van der Waals surface area (Å²) in [5.74, 6) is -0.187. The molecule has 2 aromatic carbocycles. The number of ether oxygens (including phenoxy) is 5. The lowest BCUT2D eigenvalue weighted by Gasteiger charge is -2.26. The Morgan fingerprint density at radius 3 is 2.05 bits per heavy atom. The Balaban J connectivity index is 1.95. The first kappa shape index (κ1) is 26.3. The number of rotatable bonds is 9. The number of carbonyl (C=O) groups is 2. The van der Waals surface area contributed by atoms with Crippen LogP contribution >= 0.6 is 0 Å². The van der Waals surface area contributed by atoms with Crippen molar-refractivity contribution >= 4 is 17.4 Å². The number of benzene rings is 2. The molecule has 0 bridgehead atoms. The zero-order chi connectivity index (χ0) is 27.4. The Bertz CT molecular complexity index is 1360. The molecule has 10 nitrogen and oxygen atoms in total. The van der Waals surface area contributed by atoms with E-state index in [2.05, 4.69) is 4.98 Å². The maximum absolute atomic E-state index is 13.4. The molecule has 1 aliphatic rings. The van der Waals surface area contributed by atoms with Crippen LogP contribution in [0.5, 0.6) is 28.7 Å². The zero-order valence-electron chi connectivity index (χ0n) is 21.7. The van der Waals surface area contributed by atoms with Crippen molar-refractivity contribution in [3.63, 3.8) is 0 Å². The molecule has 38 heavy (non-hydrogen) atoms. The normalized spacial score (nSPS) is 16.3. The molecule has 1 unspecified atom stereocenters. The van der Waals surface area contributed by atoms with Gasteiger partial charge in [-0.15, -0.1) is 0 Å². The number of hydrogen-bond donors (Lipinski definition) is 1. The summed E-state index contributed by atoms with van der Waals surface area (Å²) in [5.41, 5.74) is 1.21. The second kappa shape index (κ2) is 11.1. The first-order valence-electron chi connectivity index (χ1n) is 11.6. The maximum atomic E-state index is 13.4. The fourth-order valence-corrected chi connectivity index (χ4v) is 4.45. The third-order valence-electron chi connectivity index (χ3n) is 6.26. The van der Waals surface area contributed by atoms with Gasteiger partial charge in [-0.1, -0.05) is 6.07 Å². The van der Waals surface area contributed by atoms with Crippen LogP contribution in [0, 0.1) is 0 Å². The van der Waals surface area contributed by atoms with Gasteiger partial charge >= 0.3 is 0 Å². The third kappa shape index (κ3) is 4.68. The number of nitrogens with zero attached hydrogens (tertiary/aromatic N) is 2. The van der Waals surface area contributed by atoms with Crippen LogP contribution in [-0.4, -0.2) is 62.2 Å². The predicted molar refractivity (Wildman–Crippen MR) is 138 cm³/mol. The van der Waals surface area contributed by atoms with Crippen molar-refractivity contribution < 1.29 is 38.4 Å². The van der Waals surface area contributed by atoms with E-state index < -0.39 is 17.7 Å². The summed E-state index contributed by atoms with van der Waals surface area (Å²) >= 11 is 0. The number of hydrogen-bond acceptors (Lipinski definition) is 9. The molecule has 1 N–H and O–H groups in total. The number of methoxy groups -OCH3 is 5. The van der Waals surface area contributed by atoms with Crippen LogP contribution in [-0.2, 0) is 16.1 Å². The zero-order valence-corrected chi connectivity index (χ0v) is 21.7. The van der Waals surface area contributed by atoms with Gasteiger partial charge in [0, 0.05) is 11.8 Å². The van der Waals surface area contributed by atoms with E-state index in [0.717, 1.165) is 0 Å². The SMILES string of the molecule is COc1ccc(/C(O)=C2\C(=O)C(=O)N(Cc3ccccn3)C2c2cc(OC)c(OC)c(OC)c2)cc1OC. The highest BCUT2D eigenvalue weighted by Gasteiger charge is 2.46. The number of aliphatic hydroxyl groups excluding tert-OH is 1. The molecule has 3 aromatic rings. The molecule has 1 fully saturated rings. The average Bonchev–Trinajstić information content (AvgIpc) is 3.20. The van der Waals surface area contributed by atoms with Crippen molar-refractivity contribution in [3.05, 3.63) is 77.1 Å². The molecule has 0 radical (unpaired) electrons. The predicted octanol–water partition coefficient (Wildman–Crippen LogP) is 3.75. The van der Waals surface area contributed by atoms with E-state index in [1.54, 1.807) is 48.7 Å². The lowest BCUT2D eigenvalue weighted by Crippen LogP contribution is -2.29. The second-order valence-corrected chi connectivity index (χ2v) is 8.28. The van der Waals surface area contributed by atoms with Crippen LogP contribution in [0.1, 0.15) is 22.9 Å². The third-order valence-corrected chi connectivity index (χ3v) is 6.26. The van der Waals surface area contributed by atoms with Crippen molar-refractivity contribution in [1.29, 1.82) is 0 Å². The second-order valence-electron chi connectivity index (χ2n) is 8.28. The van der Waals surface area contributed by atoms with E-state index >= 15 is 0 Å². The largest absolute Gasteiger partial charge is 0.507 e. The van der Waals surface area contributed by atoms with Crippen LogP contribution in [0.15, 0.2) is 60.3 Å². The van der Waals surface area contributed by atoms with Gasteiger partial charge in [0.2, 0.25) is 5.75 Å².